The maximum absolute atomic E-state index is 12.0. The second-order valence-corrected chi connectivity index (χ2v) is 4.22. The molecule has 2 rings (SSSR count). The van der Waals surface area contributed by atoms with E-state index in [0.29, 0.717) is 10.7 Å². The third-order valence-corrected chi connectivity index (χ3v) is 2.86. The van der Waals surface area contributed by atoms with Gasteiger partial charge >= 0.3 is 0 Å². The number of H-pyrrole nitrogens is 1. The highest BCUT2D eigenvalue weighted by Gasteiger charge is 2.24. The lowest BCUT2D eigenvalue weighted by atomic mass is 10.2. The van der Waals surface area contributed by atoms with Crippen LogP contribution in [-0.2, 0) is 0 Å². The van der Waals surface area contributed by atoms with E-state index in [4.69, 9.17) is 11.6 Å². The van der Waals surface area contributed by atoms with Crippen LogP contribution in [0.1, 0.15) is 17.4 Å². The summed E-state index contributed by atoms with van der Waals surface area (Å²) in [5.74, 6) is 0.0240. The minimum Gasteiger partial charge on any atom is -0.356 e. The van der Waals surface area contributed by atoms with Crippen molar-refractivity contribution in [2.24, 2.45) is 0 Å². The predicted octanol–water partition coefficient (Wildman–Crippen LogP) is 1.10. The first-order valence-corrected chi connectivity index (χ1v) is 5.42. The van der Waals surface area contributed by atoms with Gasteiger partial charge in [0.1, 0.15) is 5.69 Å². The second-order valence-electron chi connectivity index (χ2n) is 3.78. The quantitative estimate of drug-likeness (QED) is 0.755. The minimum absolute atomic E-state index is 0.0240. The van der Waals surface area contributed by atoms with E-state index in [-0.39, 0.29) is 11.9 Å². The van der Waals surface area contributed by atoms with Crippen LogP contribution in [0, 0.1) is 0 Å². The molecule has 1 aromatic rings. The van der Waals surface area contributed by atoms with Crippen LogP contribution >= 0.6 is 11.6 Å². The number of hydrogen-bond donors (Lipinski definition) is 2. The Bertz CT molecular complexity index is 363. The van der Waals surface area contributed by atoms with Gasteiger partial charge in [-0.25, -0.2) is 0 Å². The summed E-state index contributed by atoms with van der Waals surface area (Å²) in [6, 6.07) is 1.90. The number of aromatic nitrogens is 1. The van der Waals surface area contributed by atoms with Crippen molar-refractivity contribution >= 4 is 17.5 Å². The van der Waals surface area contributed by atoms with E-state index in [1.807, 2.05) is 11.8 Å². The molecule has 1 aliphatic rings. The highest BCUT2D eigenvalue weighted by Crippen LogP contribution is 2.13. The maximum atomic E-state index is 12.0. The van der Waals surface area contributed by atoms with Crippen molar-refractivity contribution in [3.63, 3.8) is 0 Å². The topological polar surface area (TPSA) is 48.1 Å². The summed E-state index contributed by atoms with van der Waals surface area (Å²) in [6.45, 7) is 4.48. The summed E-state index contributed by atoms with van der Waals surface area (Å²) >= 11 is 5.77. The Kier molecular flexibility index (Phi) is 2.98. The number of nitrogens with zero attached hydrogens (tertiary/aromatic N) is 1. The summed E-state index contributed by atoms with van der Waals surface area (Å²) in [7, 11) is 0. The fraction of sp³-hybridized carbons (Fsp3) is 0.500. The summed E-state index contributed by atoms with van der Waals surface area (Å²) in [6.07, 6.45) is 1.63. The number of hydrogen-bond acceptors (Lipinski definition) is 2. The van der Waals surface area contributed by atoms with E-state index in [1.165, 1.54) is 0 Å². The smallest absolute Gasteiger partial charge is 0.270 e. The number of aromatic amines is 1. The maximum Gasteiger partial charge on any atom is 0.270 e. The van der Waals surface area contributed by atoms with Gasteiger partial charge in [0.2, 0.25) is 0 Å². The highest BCUT2D eigenvalue weighted by atomic mass is 35.5. The molecule has 2 heterocycles. The lowest BCUT2D eigenvalue weighted by Gasteiger charge is -2.33. The van der Waals surface area contributed by atoms with Gasteiger partial charge < -0.3 is 15.2 Å². The van der Waals surface area contributed by atoms with E-state index in [1.54, 1.807) is 12.3 Å². The summed E-state index contributed by atoms with van der Waals surface area (Å²) < 4.78 is 0. The fourth-order valence-corrected chi connectivity index (χ4v) is 1.95. The number of piperazine rings is 1. The third-order valence-electron chi connectivity index (χ3n) is 2.64. The first-order valence-electron chi connectivity index (χ1n) is 5.04. The third kappa shape index (κ3) is 2.16. The van der Waals surface area contributed by atoms with Crippen molar-refractivity contribution in [2.45, 2.75) is 13.0 Å². The average Bonchev–Trinajstić information content (AvgIpc) is 2.65. The van der Waals surface area contributed by atoms with Crippen LogP contribution in [0.15, 0.2) is 12.3 Å². The van der Waals surface area contributed by atoms with Gasteiger partial charge in [-0.05, 0) is 13.0 Å². The van der Waals surface area contributed by atoms with Crippen LogP contribution in [0.2, 0.25) is 5.02 Å². The van der Waals surface area contributed by atoms with Crippen molar-refractivity contribution in [3.05, 3.63) is 23.0 Å². The van der Waals surface area contributed by atoms with Crippen LogP contribution in [0.5, 0.6) is 0 Å². The molecular weight excluding hydrogens is 214 g/mol. The van der Waals surface area contributed by atoms with Crippen LogP contribution in [0.4, 0.5) is 0 Å². The molecule has 4 nitrogen and oxygen atoms in total. The average molecular weight is 228 g/mol. The second kappa shape index (κ2) is 4.24. The Morgan fingerprint density at radius 2 is 2.47 bits per heavy atom. The van der Waals surface area contributed by atoms with E-state index < -0.39 is 0 Å². The van der Waals surface area contributed by atoms with Crippen LogP contribution in [0.25, 0.3) is 0 Å². The van der Waals surface area contributed by atoms with Gasteiger partial charge in [-0.2, -0.15) is 0 Å². The first kappa shape index (κ1) is 10.5. The molecule has 5 heteroatoms. The standard InChI is InChI=1S/C10H14ClN3O/c1-7-5-12-2-3-14(7)10(15)9-4-8(11)6-13-9/h4,6-7,12-13H,2-3,5H2,1H3. The molecule has 1 saturated heterocycles. The number of carbonyl (C=O) groups is 1. The monoisotopic (exact) mass is 227 g/mol. The normalized spacial score (nSPS) is 21.7. The lowest BCUT2D eigenvalue weighted by Crippen LogP contribution is -2.52. The first-order chi connectivity index (χ1) is 7.18. The predicted molar refractivity (Wildman–Crippen MR) is 59.2 cm³/mol. The van der Waals surface area contributed by atoms with E-state index in [2.05, 4.69) is 10.3 Å². The van der Waals surface area contributed by atoms with Gasteiger partial charge in [0.05, 0.1) is 5.02 Å². The molecule has 0 aliphatic carbocycles. The number of rotatable bonds is 1. The lowest BCUT2D eigenvalue weighted by molar-refractivity contribution is 0.0650. The molecule has 0 saturated carbocycles. The number of amides is 1. The van der Waals surface area contributed by atoms with Gasteiger partial charge in [0.25, 0.3) is 5.91 Å². The van der Waals surface area contributed by atoms with Crippen LogP contribution < -0.4 is 5.32 Å². The number of halogens is 1. The number of nitrogens with one attached hydrogen (secondary N) is 2. The molecule has 2 N–H and O–H groups in total. The Morgan fingerprint density at radius 1 is 1.67 bits per heavy atom. The zero-order valence-electron chi connectivity index (χ0n) is 8.59. The Labute approximate surface area is 93.6 Å². The largest absolute Gasteiger partial charge is 0.356 e. The zero-order chi connectivity index (χ0) is 10.8. The van der Waals surface area contributed by atoms with E-state index in [0.717, 1.165) is 19.6 Å². The molecule has 1 fully saturated rings. The summed E-state index contributed by atoms with van der Waals surface area (Å²) in [5, 5.41) is 3.82. The molecule has 15 heavy (non-hydrogen) atoms. The van der Waals surface area contributed by atoms with E-state index in [9.17, 15) is 4.79 Å². The molecule has 0 bridgehead atoms. The van der Waals surface area contributed by atoms with Crippen molar-refractivity contribution in [3.8, 4) is 0 Å². The molecule has 1 amide bonds. The molecule has 1 aliphatic heterocycles. The SMILES string of the molecule is CC1CNCCN1C(=O)c1cc(Cl)c[nH]1. The molecule has 1 aromatic heterocycles. The van der Waals surface area contributed by atoms with Crippen LogP contribution in [0.3, 0.4) is 0 Å². The molecule has 0 aromatic carbocycles. The number of carbonyl (C=O) groups excluding carboxylic acids is 1. The van der Waals surface area contributed by atoms with Gasteiger partial charge in [-0.1, -0.05) is 11.6 Å². The Hall–Kier alpha value is -1.00. The van der Waals surface area contributed by atoms with Crippen molar-refractivity contribution in [1.82, 2.24) is 15.2 Å². The van der Waals surface area contributed by atoms with Crippen molar-refractivity contribution in [2.75, 3.05) is 19.6 Å². The molecular formula is C10H14ClN3O. The Balaban J connectivity index is 2.13. The van der Waals surface area contributed by atoms with Gasteiger partial charge in [0.15, 0.2) is 0 Å². The molecule has 1 atom stereocenters. The fourth-order valence-electron chi connectivity index (χ4n) is 1.79. The summed E-state index contributed by atoms with van der Waals surface area (Å²) in [5.41, 5.74) is 0.564. The molecule has 0 radical (unpaired) electrons. The minimum atomic E-state index is 0.0240. The van der Waals surface area contributed by atoms with E-state index >= 15 is 0 Å². The van der Waals surface area contributed by atoms with Gasteiger partial charge in [-0.15, -0.1) is 0 Å². The summed E-state index contributed by atoms with van der Waals surface area (Å²) in [4.78, 5) is 16.8. The molecule has 0 spiro atoms. The molecule has 82 valence electrons. The van der Waals surface area contributed by atoms with Crippen molar-refractivity contribution in [1.29, 1.82) is 0 Å². The van der Waals surface area contributed by atoms with Crippen molar-refractivity contribution < 1.29 is 4.79 Å². The highest BCUT2D eigenvalue weighted by molar-refractivity contribution is 6.30. The van der Waals surface area contributed by atoms with Crippen LogP contribution in [-0.4, -0.2) is 41.5 Å². The zero-order valence-corrected chi connectivity index (χ0v) is 9.34. The Morgan fingerprint density at radius 3 is 3.07 bits per heavy atom. The van der Waals surface area contributed by atoms with Gasteiger partial charge in [-0.3, -0.25) is 4.79 Å². The molecule has 1 unspecified atom stereocenters. The van der Waals surface area contributed by atoms with Gasteiger partial charge in [0, 0.05) is 31.9 Å².